The molecule has 21 heavy (non-hydrogen) atoms. The van der Waals surface area contributed by atoms with Gasteiger partial charge in [0, 0.05) is 11.7 Å². The van der Waals surface area contributed by atoms with Crippen LogP contribution in [0.4, 0.5) is 5.69 Å². The molecule has 3 heteroatoms. The molecule has 1 unspecified atom stereocenters. The van der Waals surface area contributed by atoms with Gasteiger partial charge in [-0.3, -0.25) is 0 Å². The van der Waals surface area contributed by atoms with Crippen molar-refractivity contribution in [2.75, 3.05) is 19.4 Å². The van der Waals surface area contributed by atoms with Crippen molar-refractivity contribution >= 4 is 5.69 Å². The summed E-state index contributed by atoms with van der Waals surface area (Å²) in [4.78, 5) is 0. The number of anilines is 1. The van der Waals surface area contributed by atoms with Gasteiger partial charge in [0.2, 0.25) is 0 Å². The molecular formula is C18H22N2O. The van der Waals surface area contributed by atoms with Gasteiger partial charge in [0.05, 0.1) is 7.11 Å². The van der Waals surface area contributed by atoms with Crippen molar-refractivity contribution in [3.63, 3.8) is 0 Å². The zero-order valence-corrected chi connectivity index (χ0v) is 12.4. The number of hydrogen-bond donors (Lipinski definition) is 2. The summed E-state index contributed by atoms with van der Waals surface area (Å²) in [6.07, 6.45) is 3.25. The zero-order chi connectivity index (χ0) is 14.7. The largest absolute Gasteiger partial charge is 0.496 e. The van der Waals surface area contributed by atoms with E-state index in [-0.39, 0.29) is 0 Å². The molecule has 3 nitrogen and oxygen atoms in total. The van der Waals surface area contributed by atoms with E-state index in [1.807, 2.05) is 18.2 Å². The van der Waals surface area contributed by atoms with Crippen molar-refractivity contribution in [3.8, 4) is 5.75 Å². The van der Waals surface area contributed by atoms with Gasteiger partial charge in [0.15, 0.2) is 0 Å². The van der Waals surface area contributed by atoms with Crippen LogP contribution in [0.25, 0.3) is 0 Å². The predicted octanol–water partition coefficient (Wildman–Crippen LogP) is 3.10. The zero-order valence-electron chi connectivity index (χ0n) is 12.4. The van der Waals surface area contributed by atoms with E-state index >= 15 is 0 Å². The second kappa shape index (κ2) is 6.19. The van der Waals surface area contributed by atoms with Gasteiger partial charge in [-0.15, -0.1) is 0 Å². The molecule has 0 aromatic heterocycles. The van der Waals surface area contributed by atoms with Gasteiger partial charge in [-0.1, -0.05) is 24.3 Å². The van der Waals surface area contributed by atoms with Gasteiger partial charge >= 0.3 is 0 Å². The molecule has 0 saturated carbocycles. The summed E-state index contributed by atoms with van der Waals surface area (Å²) >= 11 is 0. The number of methoxy groups -OCH3 is 1. The second-order valence-corrected chi connectivity index (χ2v) is 5.57. The lowest BCUT2D eigenvalue weighted by Gasteiger charge is -2.15. The Labute approximate surface area is 126 Å². The van der Waals surface area contributed by atoms with Crippen LogP contribution in [0.1, 0.15) is 29.2 Å². The average Bonchev–Trinajstić information content (AvgIpc) is 2.90. The Kier molecular flexibility index (Phi) is 4.11. The number of rotatable bonds is 5. The topological polar surface area (TPSA) is 47.3 Å². The Morgan fingerprint density at radius 2 is 2.10 bits per heavy atom. The fraction of sp³-hybridized carbons (Fsp3) is 0.333. The molecular weight excluding hydrogens is 260 g/mol. The van der Waals surface area contributed by atoms with Crippen molar-refractivity contribution in [2.45, 2.75) is 25.3 Å². The quantitative estimate of drug-likeness (QED) is 0.828. The van der Waals surface area contributed by atoms with Crippen LogP contribution >= 0.6 is 0 Å². The first-order valence-corrected chi connectivity index (χ1v) is 7.51. The molecule has 3 rings (SSSR count). The number of fused-ring (bicyclic) bond motifs is 1. The number of aryl methyl sites for hydroxylation is 1. The highest BCUT2D eigenvalue weighted by Crippen LogP contribution is 2.32. The molecule has 2 aromatic rings. The number of benzene rings is 2. The van der Waals surface area contributed by atoms with Crippen molar-refractivity contribution < 1.29 is 4.74 Å². The summed E-state index contributed by atoms with van der Waals surface area (Å²) in [5.74, 6) is 0.971. The molecule has 0 spiro atoms. The first-order chi connectivity index (χ1) is 10.3. The van der Waals surface area contributed by atoms with E-state index in [9.17, 15) is 0 Å². The van der Waals surface area contributed by atoms with Crippen LogP contribution in [0, 0.1) is 0 Å². The Morgan fingerprint density at radius 3 is 2.95 bits per heavy atom. The van der Waals surface area contributed by atoms with Crippen LogP contribution in [0.2, 0.25) is 0 Å². The average molecular weight is 282 g/mol. The lowest BCUT2D eigenvalue weighted by atomic mass is 10.1. The highest BCUT2D eigenvalue weighted by atomic mass is 16.5. The standard InChI is InChI=1S/C18H22N2O/c1-21-18-5-3-2-4-13(18)10-11-20-17-9-6-14-12-15(19)7-8-16(14)17/h2-5,7-8,12,17,20H,6,9-11,19H2,1H3. The fourth-order valence-corrected chi connectivity index (χ4v) is 3.14. The predicted molar refractivity (Wildman–Crippen MR) is 86.6 cm³/mol. The van der Waals surface area contributed by atoms with Crippen molar-refractivity contribution in [1.82, 2.24) is 5.32 Å². The number of nitrogens with one attached hydrogen (secondary N) is 1. The van der Waals surface area contributed by atoms with Crippen LogP contribution < -0.4 is 15.8 Å². The van der Waals surface area contributed by atoms with Gasteiger partial charge in [-0.25, -0.2) is 0 Å². The molecule has 0 saturated heterocycles. The third kappa shape index (κ3) is 3.03. The molecule has 0 fully saturated rings. The fourth-order valence-electron chi connectivity index (χ4n) is 3.14. The maximum absolute atomic E-state index is 5.85. The Hall–Kier alpha value is -2.00. The van der Waals surface area contributed by atoms with Crippen molar-refractivity contribution in [1.29, 1.82) is 0 Å². The first-order valence-electron chi connectivity index (χ1n) is 7.51. The van der Waals surface area contributed by atoms with Crippen LogP contribution in [-0.2, 0) is 12.8 Å². The molecule has 3 N–H and O–H groups in total. The number of hydrogen-bond acceptors (Lipinski definition) is 3. The summed E-state index contributed by atoms with van der Waals surface area (Å²) in [7, 11) is 1.73. The summed E-state index contributed by atoms with van der Waals surface area (Å²) in [5.41, 5.74) is 10.8. The minimum atomic E-state index is 0.454. The van der Waals surface area contributed by atoms with E-state index in [0.29, 0.717) is 6.04 Å². The molecule has 1 atom stereocenters. The van der Waals surface area contributed by atoms with Crippen LogP contribution in [0.3, 0.4) is 0 Å². The highest BCUT2D eigenvalue weighted by Gasteiger charge is 2.21. The molecule has 0 bridgehead atoms. The maximum atomic E-state index is 5.85. The van der Waals surface area contributed by atoms with E-state index in [2.05, 4.69) is 29.6 Å². The van der Waals surface area contributed by atoms with Gasteiger partial charge in [0.25, 0.3) is 0 Å². The first kappa shape index (κ1) is 14.0. The lowest BCUT2D eigenvalue weighted by molar-refractivity contribution is 0.408. The summed E-state index contributed by atoms with van der Waals surface area (Å²) < 4.78 is 5.40. The summed E-state index contributed by atoms with van der Waals surface area (Å²) in [6.45, 7) is 0.953. The molecule has 110 valence electrons. The van der Waals surface area contributed by atoms with E-state index in [1.165, 1.54) is 16.7 Å². The van der Waals surface area contributed by atoms with Gasteiger partial charge in [0.1, 0.15) is 5.75 Å². The number of ether oxygens (including phenoxy) is 1. The van der Waals surface area contributed by atoms with Gasteiger partial charge in [-0.05, 0) is 60.7 Å². The maximum Gasteiger partial charge on any atom is 0.122 e. The molecule has 0 radical (unpaired) electrons. The number of nitrogen functional groups attached to an aromatic ring is 1. The number of nitrogens with two attached hydrogens (primary N) is 1. The van der Waals surface area contributed by atoms with E-state index < -0.39 is 0 Å². The highest BCUT2D eigenvalue weighted by molar-refractivity contribution is 5.47. The van der Waals surface area contributed by atoms with Crippen LogP contribution in [0.5, 0.6) is 5.75 Å². The van der Waals surface area contributed by atoms with Crippen molar-refractivity contribution in [3.05, 3.63) is 59.2 Å². The molecule has 1 aliphatic rings. The summed E-state index contributed by atoms with van der Waals surface area (Å²) in [6, 6.07) is 14.9. The third-order valence-electron chi connectivity index (χ3n) is 4.22. The molecule has 0 amide bonds. The smallest absolute Gasteiger partial charge is 0.122 e. The third-order valence-corrected chi connectivity index (χ3v) is 4.22. The van der Waals surface area contributed by atoms with Gasteiger partial charge < -0.3 is 15.8 Å². The molecule has 2 aromatic carbocycles. The molecule has 1 aliphatic carbocycles. The lowest BCUT2D eigenvalue weighted by Crippen LogP contribution is -2.22. The second-order valence-electron chi connectivity index (χ2n) is 5.57. The molecule has 0 aliphatic heterocycles. The summed E-state index contributed by atoms with van der Waals surface area (Å²) in [5, 5.41) is 3.66. The monoisotopic (exact) mass is 282 g/mol. The van der Waals surface area contributed by atoms with Crippen molar-refractivity contribution in [2.24, 2.45) is 0 Å². The Bertz CT molecular complexity index is 624. The Balaban J connectivity index is 1.60. The van der Waals surface area contributed by atoms with E-state index in [0.717, 1.165) is 37.2 Å². The minimum Gasteiger partial charge on any atom is -0.496 e. The number of para-hydroxylation sites is 1. The van der Waals surface area contributed by atoms with Crippen LogP contribution in [0.15, 0.2) is 42.5 Å². The normalized spacial score (nSPS) is 16.7. The SMILES string of the molecule is COc1ccccc1CCNC1CCc2cc(N)ccc21. The van der Waals surface area contributed by atoms with Crippen LogP contribution in [-0.4, -0.2) is 13.7 Å². The van der Waals surface area contributed by atoms with Gasteiger partial charge in [-0.2, -0.15) is 0 Å². The molecule has 0 heterocycles. The van der Waals surface area contributed by atoms with E-state index in [1.54, 1.807) is 7.11 Å². The minimum absolute atomic E-state index is 0.454. The van der Waals surface area contributed by atoms with E-state index in [4.69, 9.17) is 10.5 Å². The Morgan fingerprint density at radius 1 is 1.24 bits per heavy atom.